The highest BCUT2D eigenvalue weighted by molar-refractivity contribution is 8.00. The Bertz CT molecular complexity index is 615. The maximum atomic E-state index is 12.7. The topological polar surface area (TPSA) is 81.9 Å². The van der Waals surface area contributed by atoms with Gasteiger partial charge in [-0.1, -0.05) is 0 Å². The summed E-state index contributed by atoms with van der Waals surface area (Å²) >= 11 is 1.40. The van der Waals surface area contributed by atoms with Crippen LogP contribution >= 0.6 is 11.8 Å². The molecule has 8 heteroatoms. The van der Waals surface area contributed by atoms with Crippen molar-refractivity contribution in [2.24, 2.45) is 0 Å². The van der Waals surface area contributed by atoms with E-state index in [0.717, 1.165) is 17.7 Å². The number of hydrogen-bond donors (Lipinski definition) is 0. The molecule has 7 nitrogen and oxygen atoms in total. The van der Waals surface area contributed by atoms with Crippen molar-refractivity contribution in [3.05, 3.63) is 34.4 Å². The lowest BCUT2D eigenvalue weighted by molar-refractivity contribution is -0.384. The molecule has 1 aromatic carbocycles. The monoisotopic (exact) mass is 352 g/mol. The number of nitrogens with zero attached hydrogens (tertiary/aromatic N) is 2. The summed E-state index contributed by atoms with van der Waals surface area (Å²) < 4.78 is 11.4. The van der Waals surface area contributed by atoms with Gasteiger partial charge in [0.15, 0.2) is 5.79 Å². The van der Waals surface area contributed by atoms with Crippen LogP contribution in [-0.2, 0) is 14.3 Å². The zero-order chi connectivity index (χ0) is 17.2. The first-order valence-electron chi connectivity index (χ1n) is 7.97. The number of likely N-dealkylation sites (tertiary alicyclic amines) is 1. The van der Waals surface area contributed by atoms with Crippen LogP contribution in [0.2, 0.25) is 0 Å². The Hall–Kier alpha value is -1.64. The molecule has 130 valence electrons. The van der Waals surface area contributed by atoms with Gasteiger partial charge >= 0.3 is 0 Å². The van der Waals surface area contributed by atoms with E-state index in [2.05, 4.69) is 0 Å². The van der Waals surface area contributed by atoms with Crippen molar-refractivity contribution in [2.45, 2.75) is 35.7 Å². The quantitative estimate of drug-likeness (QED) is 0.470. The summed E-state index contributed by atoms with van der Waals surface area (Å²) in [4.78, 5) is 25.6. The average Bonchev–Trinajstić information content (AvgIpc) is 3.02. The van der Waals surface area contributed by atoms with Crippen molar-refractivity contribution in [3.8, 4) is 0 Å². The molecule has 0 bridgehead atoms. The van der Waals surface area contributed by atoms with Crippen molar-refractivity contribution >= 4 is 23.4 Å². The zero-order valence-electron chi connectivity index (χ0n) is 13.5. The van der Waals surface area contributed by atoms with Gasteiger partial charge in [-0.05, 0) is 25.5 Å². The molecule has 2 aliphatic rings. The van der Waals surface area contributed by atoms with Gasteiger partial charge in [0, 0.05) is 30.0 Å². The molecule has 1 aromatic rings. The second-order valence-electron chi connectivity index (χ2n) is 5.98. The molecule has 0 aromatic heterocycles. The van der Waals surface area contributed by atoms with E-state index < -0.39 is 10.7 Å². The van der Waals surface area contributed by atoms with Crippen LogP contribution in [0.25, 0.3) is 0 Å². The lowest BCUT2D eigenvalue weighted by Gasteiger charge is -2.39. The van der Waals surface area contributed by atoms with Crippen LogP contribution in [0.1, 0.15) is 19.8 Å². The molecule has 2 saturated heterocycles. The first-order valence-corrected chi connectivity index (χ1v) is 8.85. The molecule has 1 spiro atoms. The van der Waals surface area contributed by atoms with E-state index in [0.29, 0.717) is 26.3 Å². The van der Waals surface area contributed by atoms with Gasteiger partial charge < -0.3 is 14.4 Å². The van der Waals surface area contributed by atoms with Crippen molar-refractivity contribution in [1.29, 1.82) is 0 Å². The maximum Gasteiger partial charge on any atom is 0.269 e. The minimum absolute atomic E-state index is 0.0385. The van der Waals surface area contributed by atoms with Crippen LogP contribution in [0.3, 0.4) is 0 Å². The molecule has 0 N–H and O–H groups in total. The number of nitro groups is 1. The van der Waals surface area contributed by atoms with Crippen LogP contribution in [0, 0.1) is 10.1 Å². The Morgan fingerprint density at radius 2 is 2.00 bits per heavy atom. The summed E-state index contributed by atoms with van der Waals surface area (Å²) in [6.45, 7) is 4.19. The highest BCUT2D eigenvalue weighted by Gasteiger charge is 2.42. The van der Waals surface area contributed by atoms with E-state index >= 15 is 0 Å². The van der Waals surface area contributed by atoms with Crippen LogP contribution in [0.15, 0.2) is 29.2 Å². The second kappa shape index (κ2) is 7.08. The van der Waals surface area contributed by atoms with Gasteiger partial charge in [0.1, 0.15) is 0 Å². The summed E-state index contributed by atoms with van der Waals surface area (Å²) in [5.41, 5.74) is 0.0480. The van der Waals surface area contributed by atoms with Crippen LogP contribution in [0.4, 0.5) is 5.69 Å². The fourth-order valence-corrected chi connectivity index (χ4v) is 4.02. The molecule has 24 heavy (non-hydrogen) atoms. The Labute approximate surface area is 144 Å². The van der Waals surface area contributed by atoms with Gasteiger partial charge in [0.05, 0.1) is 29.9 Å². The summed E-state index contributed by atoms with van der Waals surface area (Å²) in [6.07, 6.45) is 1.68. The van der Waals surface area contributed by atoms with Gasteiger partial charge in [-0.2, -0.15) is 0 Å². The van der Waals surface area contributed by atoms with Gasteiger partial charge in [-0.25, -0.2) is 0 Å². The van der Waals surface area contributed by atoms with E-state index in [1.54, 1.807) is 17.0 Å². The Kier molecular flexibility index (Phi) is 5.07. The van der Waals surface area contributed by atoms with E-state index in [1.165, 1.54) is 23.9 Å². The Balaban J connectivity index is 1.60. The fraction of sp³-hybridized carbons (Fsp3) is 0.562. The molecule has 2 fully saturated rings. The maximum absolute atomic E-state index is 12.7. The lowest BCUT2D eigenvalue weighted by atomic mass is 10.0. The summed E-state index contributed by atoms with van der Waals surface area (Å²) in [5.74, 6) is -0.581. The zero-order valence-corrected chi connectivity index (χ0v) is 14.3. The molecule has 1 atom stereocenters. The third-order valence-corrected chi connectivity index (χ3v) is 5.35. The molecule has 3 rings (SSSR count). The average molecular weight is 352 g/mol. The normalized spacial score (nSPS) is 21.0. The predicted octanol–water partition coefficient (Wildman–Crippen LogP) is 2.44. The number of piperidine rings is 1. The molecule has 0 unspecified atom stereocenters. The number of thioether (sulfide) groups is 1. The van der Waals surface area contributed by atoms with E-state index in [-0.39, 0.29) is 16.8 Å². The summed E-state index contributed by atoms with van der Waals surface area (Å²) in [5, 5.41) is 10.4. The number of carbonyl (C=O) groups is 1. The van der Waals surface area contributed by atoms with Crippen molar-refractivity contribution in [3.63, 3.8) is 0 Å². The first-order chi connectivity index (χ1) is 11.5. The van der Waals surface area contributed by atoms with E-state index in [9.17, 15) is 14.9 Å². The number of carbonyl (C=O) groups excluding carboxylic acids is 1. The molecule has 1 amide bonds. The lowest BCUT2D eigenvalue weighted by Crippen LogP contribution is -2.52. The highest BCUT2D eigenvalue weighted by Crippen LogP contribution is 2.32. The minimum Gasteiger partial charge on any atom is -0.346 e. The number of ether oxygens (including phenoxy) is 2. The van der Waals surface area contributed by atoms with Gasteiger partial charge in [-0.15, -0.1) is 11.8 Å². The van der Waals surface area contributed by atoms with Gasteiger partial charge in [-0.3, -0.25) is 14.9 Å². The molecule has 0 saturated carbocycles. The smallest absolute Gasteiger partial charge is 0.269 e. The third-order valence-electron chi connectivity index (χ3n) is 4.25. The minimum atomic E-state index is -0.619. The number of amides is 1. The molecule has 2 aliphatic heterocycles. The van der Waals surface area contributed by atoms with E-state index in [1.807, 2.05) is 6.92 Å². The Morgan fingerprint density at radius 3 is 2.62 bits per heavy atom. The predicted molar refractivity (Wildman–Crippen MR) is 88.9 cm³/mol. The molecule has 2 heterocycles. The van der Waals surface area contributed by atoms with Crippen molar-refractivity contribution in [1.82, 2.24) is 4.90 Å². The molecule has 0 aliphatic carbocycles. The van der Waals surface area contributed by atoms with E-state index in [4.69, 9.17) is 9.47 Å². The highest BCUT2D eigenvalue weighted by atomic mass is 32.2. The van der Waals surface area contributed by atoms with Crippen LogP contribution in [0.5, 0.6) is 0 Å². The van der Waals surface area contributed by atoms with Crippen molar-refractivity contribution < 1.29 is 19.2 Å². The number of non-ortho nitro benzene ring substituents is 1. The number of benzene rings is 1. The molecular formula is C16H20N2O5S. The third kappa shape index (κ3) is 3.71. The summed E-state index contributed by atoms with van der Waals surface area (Å²) in [6, 6.07) is 6.26. The first kappa shape index (κ1) is 17.2. The fourth-order valence-electron chi connectivity index (χ4n) is 3.07. The number of nitro benzene ring substituents is 1. The second-order valence-corrected chi connectivity index (χ2v) is 7.40. The molecular weight excluding hydrogens is 332 g/mol. The van der Waals surface area contributed by atoms with Gasteiger partial charge in [0.25, 0.3) is 5.69 Å². The van der Waals surface area contributed by atoms with Crippen LogP contribution in [-0.4, -0.2) is 53.1 Å². The van der Waals surface area contributed by atoms with Crippen LogP contribution < -0.4 is 0 Å². The largest absolute Gasteiger partial charge is 0.346 e. The van der Waals surface area contributed by atoms with Crippen molar-refractivity contribution in [2.75, 3.05) is 26.3 Å². The summed E-state index contributed by atoms with van der Waals surface area (Å²) in [7, 11) is 0. The standard InChI is InChI=1S/C16H20N2O5S/c1-12(24-14-5-3-13(4-6-14)18(20)21)15(19)17-8-2-7-16(11-17)22-9-10-23-16/h3-6,12H,2,7-11H2,1H3/t12-/m1/s1. The molecule has 0 radical (unpaired) electrons. The number of hydrogen-bond acceptors (Lipinski definition) is 6. The SMILES string of the molecule is C[C@@H](Sc1ccc([N+](=O)[O-])cc1)C(=O)N1CCCC2(C1)OCCO2. The van der Waals surface area contributed by atoms with Gasteiger partial charge in [0.2, 0.25) is 5.91 Å². The number of rotatable bonds is 4. The Morgan fingerprint density at radius 1 is 1.33 bits per heavy atom.